The molecule has 0 rings (SSSR count). The fraction of sp³-hybridized carbons (Fsp3) is 0.600. The first-order valence-corrected chi connectivity index (χ1v) is 4.74. The molecule has 92 valence electrons. The minimum Gasteiger partial charge on any atom is -0.479 e. The molecule has 0 spiro atoms. The van der Waals surface area contributed by atoms with Crippen LogP contribution in [0.1, 0.15) is 20.3 Å². The molecule has 0 saturated heterocycles. The second-order valence-electron chi connectivity index (χ2n) is 3.61. The van der Waals surface area contributed by atoms with Crippen molar-refractivity contribution >= 4 is 11.9 Å². The molecule has 0 aromatic heterocycles. The van der Waals surface area contributed by atoms with Gasteiger partial charge in [0.15, 0.2) is 5.60 Å². The molecule has 6 nitrogen and oxygen atoms in total. The Morgan fingerprint density at radius 3 is 2.12 bits per heavy atom. The third-order valence-corrected chi connectivity index (χ3v) is 2.58. The molecule has 0 aliphatic heterocycles. The molecule has 0 saturated carbocycles. The lowest BCUT2D eigenvalue weighted by Gasteiger charge is -2.27. The molecule has 0 aromatic rings. The summed E-state index contributed by atoms with van der Waals surface area (Å²) in [5.41, 5.74) is -2.32. The van der Waals surface area contributed by atoms with Crippen LogP contribution in [0.2, 0.25) is 0 Å². The summed E-state index contributed by atoms with van der Waals surface area (Å²) in [5, 5.41) is 36.0. The third-order valence-electron chi connectivity index (χ3n) is 2.58. The first-order valence-electron chi connectivity index (χ1n) is 4.74. The fourth-order valence-electron chi connectivity index (χ4n) is 1.26. The molecular weight excluding hydrogens is 216 g/mol. The Hall–Kier alpha value is -1.40. The van der Waals surface area contributed by atoms with Gasteiger partial charge in [0.25, 0.3) is 0 Å². The fourth-order valence-corrected chi connectivity index (χ4v) is 1.26. The maximum Gasteiger partial charge on any atom is 0.338 e. The molecule has 0 radical (unpaired) electrons. The van der Waals surface area contributed by atoms with Gasteiger partial charge in [0.1, 0.15) is 0 Å². The Kier molecular flexibility index (Phi) is 5.13. The molecule has 2 atom stereocenters. The van der Waals surface area contributed by atoms with Crippen molar-refractivity contribution in [2.24, 2.45) is 5.92 Å². The molecule has 0 aromatic carbocycles. The molecule has 0 amide bonds. The molecule has 16 heavy (non-hydrogen) atoms. The van der Waals surface area contributed by atoms with Crippen molar-refractivity contribution in [1.82, 2.24) is 0 Å². The average molecular weight is 232 g/mol. The highest BCUT2D eigenvalue weighted by atomic mass is 16.4. The first kappa shape index (κ1) is 14.6. The predicted molar refractivity (Wildman–Crippen MR) is 54.8 cm³/mol. The minimum atomic E-state index is -2.32. The first-order chi connectivity index (χ1) is 7.29. The number of allylic oxidation sites excluding steroid dienone is 1. The van der Waals surface area contributed by atoms with Crippen LogP contribution >= 0.6 is 0 Å². The number of aliphatic hydroxyl groups is 2. The molecule has 0 bridgehead atoms. The van der Waals surface area contributed by atoms with Gasteiger partial charge >= 0.3 is 11.9 Å². The summed E-state index contributed by atoms with van der Waals surface area (Å²) in [5.74, 6) is -3.64. The zero-order valence-electron chi connectivity index (χ0n) is 9.17. The lowest BCUT2D eigenvalue weighted by molar-refractivity contribution is -0.169. The molecule has 0 aliphatic rings. The lowest BCUT2D eigenvalue weighted by Crippen LogP contribution is -2.48. The molecule has 0 fully saturated rings. The number of carboxylic acid groups (broad SMARTS) is 2. The van der Waals surface area contributed by atoms with Crippen LogP contribution in [0.15, 0.2) is 11.6 Å². The summed E-state index contributed by atoms with van der Waals surface area (Å²) in [6, 6.07) is 0. The highest BCUT2D eigenvalue weighted by Crippen LogP contribution is 2.24. The smallest absolute Gasteiger partial charge is 0.338 e. The van der Waals surface area contributed by atoms with E-state index in [0.29, 0.717) is 0 Å². The van der Waals surface area contributed by atoms with Gasteiger partial charge in [-0.2, -0.15) is 0 Å². The van der Waals surface area contributed by atoms with Gasteiger partial charge < -0.3 is 20.4 Å². The maximum absolute atomic E-state index is 10.8. The Balaban J connectivity index is 4.86. The second-order valence-corrected chi connectivity index (χ2v) is 3.61. The molecule has 6 heteroatoms. The molecule has 0 heterocycles. The monoisotopic (exact) mass is 232 g/mol. The van der Waals surface area contributed by atoms with E-state index in [0.717, 1.165) is 0 Å². The molecule has 4 N–H and O–H groups in total. The maximum atomic E-state index is 10.8. The number of hydrogen-bond donors (Lipinski definition) is 4. The van der Waals surface area contributed by atoms with Crippen LogP contribution in [0, 0.1) is 5.92 Å². The van der Waals surface area contributed by atoms with Gasteiger partial charge in [-0.1, -0.05) is 13.0 Å². The zero-order chi connectivity index (χ0) is 12.9. The van der Waals surface area contributed by atoms with Crippen molar-refractivity contribution in [2.75, 3.05) is 6.61 Å². The van der Waals surface area contributed by atoms with Crippen molar-refractivity contribution in [1.29, 1.82) is 0 Å². The SMILES string of the molecule is C/C=C(/CC(C)C(O)(CO)C(=O)O)C(=O)O. The normalized spacial score (nSPS) is 17.6. The van der Waals surface area contributed by atoms with Gasteiger partial charge in [0.2, 0.25) is 0 Å². The summed E-state index contributed by atoms with van der Waals surface area (Å²) in [7, 11) is 0. The number of aliphatic carboxylic acids is 2. The number of hydrogen-bond acceptors (Lipinski definition) is 4. The van der Waals surface area contributed by atoms with E-state index in [2.05, 4.69) is 0 Å². The van der Waals surface area contributed by atoms with Gasteiger partial charge in [0.05, 0.1) is 6.61 Å². The van der Waals surface area contributed by atoms with Crippen molar-refractivity contribution in [2.45, 2.75) is 25.9 Å². The van der Waals surface area contributed by atoms with Crippen LogP contribution in [0.25, 0.3) is 0 Å². The van der Waals surface area contributed by atoms with E-state index in [1.165, 1.54) is 19.9 Å². The summed E-state index contributed by atoms with van der Waals surface area (Å²) in [6.07, 6.45) is 1.20. The number of carboxylic acids is 2. The Bertz CT molecular complexity index is 308. The number of carbonyl (C=O) groups is 2. The van der Waals surface area contributed by atoms with Gasteiger partial charge in [0, 0.05) is 11.5 Å². The predicted octanol–water partition coefficient (Wildman–Crippen LogP) is -0.148. The largest absolute Gasteiger partial charge is 0.479 e. The van der Waals surface area contributed by atoms with Gasteiger partial charge in [-0.05, 0) is 13.3 Å². The van der Waals surface area contributed by atoms with Crippen molar-refractivity contribution in [3.8, 4) is 0 Å². The van der Waals surface area contributed by atoms with E-state index in [9.17, 15) is 14.7 Å². The highest BCUT2D eigenvalue weighted by Gasteiger charge is 2.41. The van der Waals surface area contributed by atoms with Crippen molar-refractivity contribution < 1.29 is 30.0 Å². The van der Waals surface area contributed by atoms with Crippen LogP contribution in [0.4, 0.5) is 0 Å². The summed E-state index contributed by atoms with van der Waals surface area (Å²) >= 11 is 0. The van der Waals surface area contributed by atoms with Crippen molar-refractivity contribution in [3.05, 3.63) is 11.6 Å². The third kappa shape index (κ3) is 3.04. The Labute approximate surface area is 92.8 Å². The van der Waals surface area contributed by atoms with Crippen LogP contribution in [0.3, 0.4) is 0 Å². The van der Waals surface area contributed by atoms with Crippen LogP contribution in [-0.4, -0.2) is 44.6 Å². The summed E-state index contributed by atoms with van der Waals surface area (Å²) < 4.78 is 0. The molecule has 2 unspecified atom stereocenters. The topological polar surface area (TPSA) is 115 Å². The average Bonchev–Trinajstić information content (AvgIpc) is 2.23. The lowest BCUT2D eigenvalue weighted by atomic mass is 9.84. The Morgan fingerprint density at radius 1 is 1.38 bits per heavy atom. The Morgan fingerprint density at radius 2 is 1.88 bits per heavy atom. The van der Waals surface area contributed by atoms with Crippen molar-refractivity contribution in [3.63, 3.8) is 0 Å². The quantitative estimate of drug-likeness (QED) is 0.473. The van der Waals surface area contributed by atoms with E-state index in [4.69, 9.17) is 15.3 Å². The minimum absolute atomic E-state index is 0.000579. The second kappa shape index (κ2) is 5.62. The highest BCUT2D eigenvalue weighted by molar-refractivity contribution is 5.86. The van der Waals surface area contributed by atoms with Crippen LogP contribution in [0.5, 0.6) is 0 Å². The van der Waals surface area contributed by atoms with E-state index < -0.39 is 30.1 Å². The van der Waals surface area contributed by atoms with Gasteiger partial charge in [-0.15, -0.1) is 0 Å². The van der Waals surface area contributed by atoms with Crippen LogP contribution in [-0.2, 0) is 9.59 Å². The molecule has 0 aliphatic carbocycles. The molecular formula is C10H16O6. The van der Waals surface area contributed by atoms with E-state index in [-0.39, 0.29) is 12.0 Å². The zero-order valence-corrected chi connectivity index (χ0v) is 9.17. The van der Waals surface area contributed by atoms with Crippen LogP contribution < -0.4 is 0 Å². The number of aliphatic hydroxyl groups excluding tert-OH is 1. The van der Waals surface area contributed by atoms with Gasteiger partial charge in [-0.3, -0.25) is 0 Å². The standard InChI is InChI=1S/C10H16O6/c1-3-7(8(12)13)4-6(2)10(16,5-11)9(14)15/h3,6,11,16H,4-5H2,1-2H3,(H,12,13)(H,14,15)/b7-3-. The number of rotatable bonds is 6. The van der Waals surface area contributed by atoms with E-state index >= 15 is 0 Å². The van der Waals surface area contributed by atoms with E-state index in [1.54, 1.807) is 0 Å². The summed E-state index contributed by atoms with van der Waals surface area (Å²) in [6.45, 7) is 1.92. The summed E-state index contributed by atoms with van der Waals surface area (Å²) in [4.78, 5) is 21.4. The van der Waals surface area contributed by atoms with E-state index in [1.807, 2.05) is 0 Å². The van der Waals surface area contributed by atoms with Gasteiger partial charge in [-0.25, -0.2) is 9.59 Å².